The lowest BCUT2D eigenvalue weighted by Gasteiger charge is -2.12. The molecule has 2 heterocycles. The van der Waals surface area contributed by atoms with Crippen LogP contribution >= 0.6 is 11.8 Å². The maximum absolute atomic E-state index is 12.7. The molecule has 3 aromatic carbocycles. The Morgan fingerprint density at radius 2 is 1.81 bits per heavy atom. The molecule has 0 unspecified atom stereocenters. The zero-order valence-electron chi connectivity index (χ0n) is 17.0. The molecular weight excluding hydrogens is 410 g/mol. The van der Waals surface area contributed by atoms with Crippen LogP contribution in [0.2, 0.25) is 0 Å². The third kappa shape index (κ3) is 3.96. The third-order valence-electron chi connectivity index (χ3n) is 5.22. The molecule has 1 aliphatic heterocycles. The lowest BCUT2D eigenvalue weighted by Crippen LogP contribution is -2.22. The van der Waals surface area contributed by atoms with E-state index in [1.54, 1.807) is 23.6 Å². The summed E-state index contributed by atoms with van der Waals surface area (Å²) in [6.07, 6.45) is 0. The van der Waals surface area contributed by atoms with Crippen LogP contribution in [-0.2, 0) is 16.3 Å². The van der Waals surface area contributed by atoms with Gasteiger partial charge in [-0.1, -0.05) is 30.3 Å². The molecule has 0 saturated carbocycles. The van der Waals surface area contributed by atoms with Crippen molar-refractivity contribution in [1.82, 2.24) is 9.78 Å². The Labute approximate surface area is 184 Å². The minimum atomic E-state index is -0.220. The summed E-state index contributed by atoms with van der Waals surface area (Å²) in [7, 11) is 1.63. The molecule has 5 rings (SSSR count). The number of hydrogen-bond acceptors (Lipinski definition) is 5. The van der Waals surface area contributed by atoms with Crippen LogP contribution in [-0.4, -0.2) is 29.4 Å². The van der Waals surface area contributed by atoms with Gasteiger partial charge in [-0.05, 0) is 47.2 Å². The van der Waals surface area contributed by atoms with E-state index in [1.807, 2.05) is 66.7 Å². The Morgan fingerprint density at radius 1 is 1.03 bits per heavy atom. The number of ether oxygens (including phenoxy) is 2. The molecule has 31 heavy (non-hydrogen) atoms. The first-order valence-corrected chi connectivity index (χ1v) is 11.1. The van der Waals surface area contributed by atoms with E-state index in [0.717, 1.165) is 45.0 Å². The maximum Gasteiger partial charge on any atom is 0.263 e. The summed E-state index contributed by atoms with van der Waals surface area (Å²) < 4.78 is 12.8. The van der Waals surface area contributed by atoms with E-state index in [9.17, 15) is 4.79 Å². The van der Waals surface area contributed by atoms with E-state index in [2.05, 4.69) is 5.32 Å². The smallest absolute Gasteiger partial charge is 0.263 e. The van der Waals surface area contributed by atoms with Crippen molar-refractivity contribution in [2.24, 2.45) is 0 Å². The average molecular weight is 432 g/mol. The number of fused-ring (bicyclic) bond motifs is 2. The Kier molecular flexibility index (Phi) is 5.26. The Morgan fingerprint density at radius 3 is 2.61 bits per heavy atom. The van der Waals surface area contributed by atoms with Crippen LogP contribution in [0, 0.1) is 0 Å². The SMILES string of the molecule is COc1ccc(-n2nc3c(c2NC(=O)COc2ccc4ccccc4c2)CSC3)cc1. The Bertz CT molecular complexity index is 1250. The highest BCUT2D eigenvalue weighted by Gasteiger charge is 2.24. The summed E-state index contributed by atoms with van der Waals surface area (Å²) >= 11 is 1.79. The van der Waals surface area contributed by atoms with Gasteiger partial charge < -0.3 is 14.8 Å². The molecule has 1 aliphatic rings. The quantitative estimate of drug-likeness (QED) is 0.475. The van der Waals surface area contributed by atoms with Crippen LogP contribution in [0.3, 0.4) is 0 Å². The van der Waals surface area contributed by atoms with Crippen LogP contribution in [0.25, 0.3) is 16.5 Å². The highest BCUT2D eigenvalue weighted by Crippen LogP contribution is 2.36. The second kappa shape index (κ2) is 8.35. The summed E-state index contributed by atoms with van der Waals surface area (Å²) in [5, 5.41) is 9.95. The van der Waals surface area contributed by atoms with Gasteiger partial charge in [0.2, 0.25) is 0 Å². The number of carbonyl (C=O) groups excluding carboxylic acids is 1. The predicted octanol–water partition coefficient (Wildman–Crippen LogP) is 4.80. The van der Waals surface area contributed by atoms with Crippen molar-refractivity contribution in [3.8, 4) is 17.2 Å². The Hall–Kier alpha value is -3.45. The van der Waals surface area contributed by atoms with Gasteiger partial charge >= 0.3 is 0 Å². The molecule has 6 nitrogen and oxygen atoms in total. The van der Waals surface area contributed by atoms with Gasteiger partial charge in [0.1, 0.15) is 17.3 Å². The highest BCUT2D eigenvalue weighted by atomic mass is 32.2. The number of aromatic nitrogens is 2. The van der Waals surface area contributed by atoms with Gasteiger partial charge in [0, 0.05) is 17.1 Å². The number of rotatable bonds is 6. The maximum atomic E-state index is 12.7. The van der Waals surface area contributed by atoms with Crippen molar-refractivity contribution in [2.75, 3.05) is 19.0 Å². The lowest BCUT2D eigenvalue weighted by atomic mass is 10.1. The number of nitrogens with one attached hydrogen (secondary N) is 1. The number of thioether (sulfide) groups is 1. The number of benzene rings is 3. The summed E-state index contributed by atoms with van der Waals surface area (Å²) in [5.74, 6) is 3.59. The summed E-state index contributed by atoms with van der Waals surface area (Å²) in [5.41, 5.74) is 2.94. The lowest BCUT2D eigenvalue weighted by molar-refractivity contribution is -0.118. The first-order chi connectivity index (χ1) is 15.2. The molecule has 0 bridgehead atoms. The molecule has 1 aromatic heterocycles. The highest BCUT2D eigenvalue weighted by molar-refractivity contribution is 7.98. The molecule has 1 N–H and O–H groups in total. The standard InChI is InChI=1S/C24H21N3O3S/c1-29-19-10-7-18(8-11-19)27-24(21-14-31-15-22(21)26-27)25-23(28)13-30-20-9-6-16-4-2-3-5-17(16)12-20/h2-12H,13-15H2,1H3,(H,25,28). The largest absolute Gasteiger partial charge is 0.497 e. The molecule has 0 spiro atoms. The molecular formula is C24H21N3O3S. The van der Waals surface area contributed by atoms with Crippen LogP contribution in [0.15, 0.2) is 66.7 Å². The molecule has 1 amide bonds. The fourth-order valence-electron chi connectivity index (χ4n) is 3.63. The van der Waals surface area contributed by atoms with E-state index >= 15 is 0 Å². The van der Waals surface area contributed by atoms with Crippen LogP contribution < -0.4 is 14.8 Å². The minimum absolute atomic E-state index is 0.0753. The molecule has 0 fully saturated rings. The molecule has 4 aromatic rings. The molecule has 7 heteroatoms. The van der Waals surface area contributed by atoms with Gasteiger partial charge in [-0.3, -0.25) is 4.79 Å². The average Bonchev–Trinajstić information content (AvgIpc) is 3.40. The van der Waals surface area contributed by atoms with Gasteiger partial charge in [0.15, 0.2) is 6.61 Å². The van der Waals surface area contributed by atoms with Crippen molar-refractivity contribution >= 4 is 34.3 Å². The molecule has 0 atom stereocenters. The van der Waals surface area contributed by atoms with Crippen molar-refractivity contribution in [1.29, 1.82) is 0 Å². The van der Waals surface area contributed by atoms with Crippen molar-refractivity contribution in [2.45, 2.75) is 11.5 Å². The molecule has 0 saturated heterocycles. The van der Waals surface area contributed by atoms with Crippen LogP contribution in [0.4, 0.5) is 5.82 Å². The van der Waals surface area contributed by atoms with Gasteiger partial charge in [-0.15, -0.1) is 0 Å². The van der Waals surface area contributed by atoms with E-state index < -0.39 is 0 Å². The number of methoxy groups -OCH3 is 1. The van der Waals surface area contributed by atoms with E-state index in [4.69, 9.17) is 14.6 Å². The van der Waals surface area contributed by atoms with Gasteiger partial charge in [0.25, 0.3) is 5.91 Å². The Balaban J connectivity index is 1.34. The second-order valence-electron chi connectivity index (χ2n) is 7.22. The van der Waals surface area contributed by atoms with Gasteiger partial charge in [-0.2, -0.15) is 16.9 Å². The van der Waals surface area contributed by atoms with Crippen molar-refractivity contribution in [3.63, 3.8) is 0 Å². The fourth-order valence-corrected chi connectivity index (χ4v) is 4.66. The summed E-state index contributed by atoms with van der Waals surface area (Å²) in [6.45, 7) is -0.0753. The summed E-state index contributed by atoms with van der Waals surface area (Å²) in [6, 6.07) is 21.5. The van der Waals surface area contributed by atoms with E-state index in [-0.39, 0.29) is 12.5 Å². The zero-order chi connectivity index (χ0) is 21.2. The third-order valence-corrected chi connectivity index (χ3v) is 6.19. The predicted molar refractivity (Wildman–Crippen MR) is 123 cm³/mol. The molecule has 0 radical (unpaired) electrons. The molecule has 156 valence electrons. The van der Waals surface area contributed by atoms with Crippen molar-refractivity contribution < 1.29 is 14.3 Å². The monoisotopic (exact) mass is 431 g/mol. The van der Waals surface area contributed by atoms with Crippen molar-refractivity contribution in [3.05, 3.63) is 78.0 Å². The fraction of sp³-hybridized carbons (Fsp3) is 0.167. The van der Waals surface area contributed by atoms with Crippen LogP contribution in [0.5, 0.6) is 11.5 Å². The second-order valence-corrected chi connectivity index (χ2v) is 8.21. The van der Waals surface area contributed by atoms with E-state index in [1.165, 1.54) is 0 Å². The first-order valence-electron chi connectivity index (χ1n) is 9.95. The number of hydrogen-bond donors (Lipinski definition) is 1. The zero-order valence-corrected chi connectivity index (χ0v) is 17.8. The minimum Gasteiger partial charge on any atom is -0.497 e. The number of amides is 1. The first kappa shape index (κ1) is 19.5. The topological polar surface area (TPSA) is 65.4 Å². The van der Waals surface area contributed by atoms with Gasteiger partial charge in [0.05, 0.1) is 18.5 Å². The number of nitrogens with zero attached hydrogens (tertiary/aromatic N) is 2. The summed E-state index contributed by atoms with van der Waals surface area (Å²) in [4.78, 5) is 12.7. The number of carbonyl (C=O) groups is 1. The number of anilines is 1. The molecule has 0 aliphatic carbocycles. The van der Waals surface area contributed by atoms with E-state index in [0.29, 0.717) is 11.6 Å². The normalized spacial score (nSPS) is 12.5. The van der Waals surface area contributed by atoms with Crippen LogP contribution in [0.1, 0.15) is 11.3 Å². The van der Waals surface area contributed by atoms with Gasteiger partial charge in [-0.25, -0.2) is 4.68 Å².